The summed E-state index contributed by atoms with van der Waals surface area (Å²) in [6, 6.07) is 31.7. The molecule has 1 amide bonds. The Kier molecular flexibility index (Phi) is 13.7. The normalized spacial score (nSPS) is 11.6. The van der Waals surface area contributed by atoms with Crippen molar-refractivity contribution in [2.24, 2.45) is 11.7 Å². The second-order valence-electron chi connectivity index (χ2n) is 10.7. The van der Waals surface area contributed by atoms with Crippen molar-refractivity contribution < 1.29 is 23.8 Å². The van der Waals surface area contributed by atoms with Gasteiger partial charge in [-0.15, -0.1) is 0 Å². The fourth-order valence-electron chi connectivity index (χ4n) is 4.98. The lowest BCUT2D eigenvalue weighted by Crippen LogP contribution is -2.39. The van der Waals surface area contributed by atoms with Crippen LogP contribution in [0.5, 0.6) is 11.5 Å². The summed E-state index contributed by atoms with van der Waals surface area (Å²) in [6.45, 7) is 3.66. The Bertz CT molecular complexity index is 1520. The highest BCUT2D eigenvalue weighted by atomic mass is 16.5. The maximum Gasteiger partial charge on any atom is 0.302 e. The number of rotatable bonds is 14. The average Bonchev–Trinajstić information content (AvgIpc) is 3.06. The van der Waals surface area contributed by atoms with E-state index in [1.165, 1.54) is 23.6 Å². The van der Waals surface area contributed by atoms with Crippen LogP contribution in [0.4, 0.5) is 0 Å². The number of amidine groups is 1. The molecule has 236 valence electrons. The number of ether oxygens (including phenoxy) is 3. The molecule has 0 bridgehead atoms. The molecule has 8 nitrogen and oxygen atoms in total. The average molecular weight is 610 g/mol. The maximum absolute atomic E-state index is 11.3. The summed E-state index contributed by atoms with van der Waals surface area (Å²) in [4.78, 5) is 22.5. The summed E-state index contributed by atoms with van der Waals surface area (Å²) in [5.74, 6) is 1.06. The number of nitrogen functional groups attached to an aromatic ring is 1. The van der Waals surface area contributed by atoms with Crippen molar-refractivity contribution in [3.05, 3.63) is 119 Å². The van der Waals surface area contributed by atoms with E-state index < -0.39 is 0 Å². The number of hydrogen-bond acceptors (Lipinski definition) is 6. The Morgan fingerprint density at radius 3 is 2.16 bits per heavy atom. The highest BCUT2D eigenvalue weighted by Gasteiger charge is 2.23. The molecule has 0 aliphatic rings. The topological polar surface area (TPSA) is 124 Å². The molecule has 0 radical (unpaired) electrons. The lowest BCUT2D eigenvalue weighted by molar-refractivity contribution is -0.142. The van der Waals surface area contributed by atoms with Crippen LogP contribution in [0.15, 0.2) is 97.1 Å². The van der Waals surface area contributed by atoms with Crippen LogP contribution < -0.4 is 20.5 Å². The third-order valence-corrected chi connectivity index (χ3v) is 7.44. The Hall–Kier alpha value is -5.11. The van der Waals surface area contributed by atoms with E-state index in [9.17, 15) is 9.59 Å². The van der Waals surface area contributed by atoms with Crippen LogP contribution in [0.2, 0.25) is 0 Å². The van der Waals surface area contributed by atoms with Gasteiger partial charge in [0.15, 0.2) is 11.5 Å². The molecule has 0 heterocycles. The maximum atomic E-state index is 11.3. The number of nitrogens with two attached hydrogens (primary N) is 1. The largest absolute Gasteiger partial charge is 0.493 e. The van der Waals surface area contributed by atoms with Crippen LogP contribution in [0, 0.1) is 18.3 Å². The van der Waals surface area contributed by atoms with Crippen molar-refractivity contribution in [2.45, 2.75) is 39.2 Å². The molecule has 4 N–H and O–H groups in total. The third kappa shape index (κ3) is 11.2. The Balaban J connectivity index is 0.000000276. The van der Waals surface area contributed by atoms with Crippen molar-refractivity contribution in [1.29, 1.82) is 5.41 Å². The molecule has 4 aromatic carbocycles. The van der Waals surface area contributed by atoms with Crippen molar-refractivity contribution in [3.63, 3.8) is 0 Å². The number of aryl methyl sites for hydroxylation is 2. The van der Waals surface area contributed by atoms with Crippen molar-refractivity contribution in [2.75, 3.05) is 20.8 Å². The highest BCUT2D eigenvalue weighted by molar-refractivity contribution is 5.95. The molecule has 0 saturated carbocycles. The first-order chi connectivity index (χ1) is 21.7. The summed E-state index contributed by atoms with van der Waals surface area (Å²) in [6.07, 6.45) is 2.81. The third-order valence-electron chi connectivity index (χ3n) is 7.44. The second-order valence-corrected chi connectivity index (χ2v) is 10.7. The summed E-state index contributed by atoms with van der Waals surface area (Å²) in [5, 5.41) is 10.5. The Morgan fingerprint density at radius 2 is 1.53 bits per heavy atom. The molecular weight excluding hydrogens is 566 g/mol. The van der Waals surface area contributed by atoms with Gasteiger partial charge in [0.05, 0.1) is 20.8 Å². The number of carbonyl (C=O) groups excluding carboxylic acids is 2. The quantitative estimate of drug-likeness (QED) is 0.0685. The number of nitrogens with one attached hydrogen (secondary N) is 2. The van der Waals surface area contributed by atoms with E-state index in [1.54, 1.807) is 20.3 Å². The molecular formula is C37H43N3O5. The van der Waals surface area contributed by atoms with Gasteiger partial charge in [0.2, 0.25) is 6.41 Å². The molecule has 0 aliphatic heterocycles. The minimum absolute atomic E-state index is 0.00466. The Labute approximate surface area is 266 Å². The van der Waals surface area contributed by atoms with Gasteiger partial charge in [0.1, 0.15) is 5.84 Å². The molecule has 0 spiro atoms. The number of benzene rings is 4. The summed E-state index contributed by atoms with van der Waals surface area (Å²) >= 11 is 0. The molecule has 45 heavy (non-hydrogen) atoms. The molecule has 8 heteroatoms. The van der Waals surface area contributed by atoms with E-state index in [0.717, 1.165) is 35.5 Å². The first-order valence-electron chi connectivity index (χ1n) is 14.8. The standard InChI is InChI=1S/C22H27N3O3.C15H16O2/c1-16(27)28-14-20(13-18-8-5-9-19(12-18)22(23)24)21(25-15-26)11-10-17-6-3-2-4-7-17;1-11-4-6-12(7-5-11)13-8-9-14(16-2)15(10-13)17-3/h2-9,12,15,20-21H,10-11,13-14H2,1H3,(H3,23,24)(H,25,26);4-10H,1-3H3. The monoisotopic (exact) mass is 609 g/mol. The minimum atomic E-state index is -0.351. The Morgan fingerprint density at radius 1 is 0.867 bits per heavy atom. The molecule has 0 aliphatic carbocycles. The zero-order chi connectivity index (χ0) is 32.6. The zero-order valence-corrected chi connectivity index (χ0v) is 26.4. The lowest BCUT2D eigenvalue weighted by Gasteiger charge is -2.27. The summed E-state index contributed by atoms with van der Waals surface area (Å²) in [5.41, 5.74) is 12.0. The molecule has 0 saturated heterocycles. The highest BCUT2D eigenvalue weighted by Crippen LogP contribution is 2.32. The predicted molar refractivity (Wildman–Crippen MR) is 179 cm³/mol. The fraction of sp³-hybridized carbons (Fsp3) is 0.270. The minimum Gasteiger partial charge on any atom is -0.493 e. The van der Waals surface area contributed by atoms with E-state index in [-0.39, 0.29) is 30.4 Å². The van der Waals surface area contributed by atoms with Gasteiger partial charge in [-0.2, -0.15) is 0 Å². The molecule has 0 fully saturated rings. The molecule has 4 rings (SSSR count). The van der Waals surface area contributed by atoms with Gasteiger partial charge in [-0.05, 0) is 66.6 Å². The number of hydrogen-bond donors (Lipinski definition) is 3. The molecule has 4 aromatic rings. The van der Waals surface area contributed by atoms with Gasteiger partial charge < -0.3 is 25.3 Å². The first kappa shape index (κ1) is 34.4. The zero-order valence-electron chi connectivity index (χ0n) is 26.4. The van der Waals surface area contributed by atoms with Crippen molar-refractivity contribution in [3.8, 4) is 22.6 Å². The van der Waals surface area contributed by atoms with Gasteiger partial charge in [0.25, 0.3) is 0 Å². The van der Waals surface area contributed by atoms with E-state index >= 15 is 0 Å². The summed E-state index contributed by atoms with van der Waals surface area (Å²) < 4.78 is 15.8. The molecule has 2 unspecified atom stereocenters. The van der Waals surface area contributed by atoms with Gasteiger partial charge in [-0.3, -0.25) is 15.0 Å². The van der Waals surface area contributed by atoms with Crippen LogP contribution >= 0.6 is 0 Å². The summed E-state index contributed by atoms with van der Waals surface area (Å²) in [7, 11) is 3.29. The van der Waals surface area contributed by atoms with Crippen LogP contribution in [0.3, 0.4) is 0 Å². The smallest absolute Gasteiger partial charge is 0.302 e. The predicted octanol–water partition coefficient (Wildman–Crippen LogP) is 6.12. The van der Waals surface area contributed by atoms with Crippen LogP contribution in [-0.2, 0) is 27.2 Å². The van der Waals surface area contributed by atoms with E-state index in [2.05, 4.69) is 48.6 Å². The van der Waals surface area contributed by atoms with E-state index in [0.29, 0.717) is 18.4 Å². The fourth-order valence-corrected chi connectivity index (χ4v) is 4.98. The lowest BCUT2D eigenvalue weighted by atomic mass is 9.88. The SMILES string of the molecule is CC(=O)OCC(Cc1cccc(C(=N)N)c1)C(CCc1ccccc1)NC=O.COc1ccc(-c2ccc(C)cc2)cc1OC. The number of amides is 1. The van der Waals surface area contributed by atoms with E-state index in [4.69, 9.17) is 25.4 Å². The van der Waals surface area contributed by atoms with Crippen LogP contribution in [-0.4, -0.2) is 45.1 Å². The van der Waals surface area contributed by atoms with Crippen LogP contribution in [0.1, 0.15) is 35.6 Å². The van der Waals surface area contributed by atoms with Gasteiger partial charge >= 0.3 is 5.97 Å². The molecule has 2 atom stereocenters. The van der Waals surface area contributed by atoms with Gasteiger partial charge in [-0.1, -0.05) is 84.4 Å². The second kappa shape index (κ2) is 17.9. The number of carbonyl (C=O) groups is 2. The van der Waals surface area contributed by atoms with Crippen molar-refractivity contribution in [1.82, 2.24) is 5.32 Å². The van der Waals surface area contributed by atoms with Crippen LogP contribution in [0.25, 0.3) is 11.1 Å². The van der Waals surface area contributed by atoms with Gasteiger partial charge in [0, 0.05) is 24.4 Å². The van der Waals surface area contributed by atoms with Crippen molar-refractivity contribution >= 4 is 18.2 Å². The molecule has 0 aromatic heterocycles. The van der Waals surface area contributed by atoms with Gasteiger partial charge in [-0.25, -0.2) is 0 Å². The number of esters is 1. The number of methoxy groups -OCH3 is 2. The van der Waals surface area contributed by atoms with E-state index in [1.807, 2.05) is 54.6 Å². The first-order valence-corrected chi connectivity index (χ1v) is 14.8.